The molecule has 86 valence electrons. The van der Waals surface area contributed by atoms with Crippen molar-refractivity contribution in [2.24, 2.45) is 14.1 Å². The zero-order valence-corrected chi connectivity index (χ0v) is 9.40. The minimum atomic E-state index is -0.243. The smallest absolute Gasteiger partial charge is 0.330 e. The van der Waals surface area contributed by atoms with Crippen LogP contribution in [0.4, 0.5) is 0 Å². The van der Waals surface area contributed by atoms with E-state index >= 15 is 0 Å². The van der Waals surface area contributed by atoms with Gasteiger partial charge in [0.25, 0.3) is 5.56 Å². The molecule has 0 radical (unpaired) electrons. The molecule has 0 spiro atoms. The van der Waals surface area contributed by atoms with Crippen molar-refractivity contribution in [3.05, 3.63) is 32.1 Å². The van der Waals surface area contributed by atoms with Crippen LogP contribution in [0.1, 0.15) is 36.1 Å². The predicted molar refractivity (Wildman–Crippen MR) is 57.6 cm³/mol. The highest BCUT2D eigenvalue weighted by Crippen LogP contribution is 2.49. The van der Waals surface area contributed by atoms with Gasteiger partial charge in [0.15, 0.2) is 0 Å². The first-order valence-corrected chi connectivity index (χ1v) is 5.54. The zero-order chi connectivity index (χ0) is 11.4. The van der Waals surface area contributed by atoms with Crippen LogP contribution in [0, 0.1) is 0 Å². The van der Waals surface area contributed by atoms with E-state index in [0.29, 0.717) is 12.2 Å². The van der Waals surface area contributed by atoms with Crippen LogP contribution in [0.2, 0.25) is 0 Å². The molecule has 16 heavy (non-hydrogen) atoms. The Hall–Kier alpha value is -1.36. The molecule has 0 saturated carbocycles. The molecule has 2 atom stereocenters. The molecule has 3 rings (SSSR count). The van der Waals surface area contributed by atoms with Crippen LogP contribution >= 0.6 is 0 Å². The molecule has 1 aromatic heterocycles. The van der Waals surface area contributed by atoms with Gasteiger partial charge in [-0.05, 0) is 12.8 Å². The van der Waals surface area contributed by atoms with Gasteiger partial charge in [-0.1, -0.05) is 0 Å². The van der Waals surface area contributed by atoms with Crippen molar-refractivity contribution in [3.8, 4) is 0 Å². The summed E-state index contributed by atoms with van der Waals surface area (Å²) in [6.45, 7) is 0.715. The third kappa shape index (κ3) is 0.988. The first-order chi connectivity index (χ1) is 7.63. The molecule has 5 heteroatoms. The Kier molecular flexibility index (Phi) is 1.89. The van der Waals surface area contributed by atoms with Crippen molar-refractivity contribution < 1.29 is 4.74 Å². The summed E-state index contributed by atoms with van der Waals surface area (Å²) in [5, 5.41) is 0. The van der Waals surface area contributed by atoms with E-state index in [1.807, 2.05) is 0 Å². The van der Waals surface area contributed by atoms with Crippen molar-refractivity contribution in [2.45, 2.75) is 24.9 Å². The fourth-order valence-corrected chi connectivity index (χ4v) is 2.85. The number of ether oxygens (including phenoxy) is 1. The quantitative estimate of drug-likeness (QED) is 0.622. The molecule has 2 heterocycles. The second kappa shape index (κ2) is 3.07. The van der Waals surface area contributed by atoms with E-state index in [1.54, 1.807) is 11.6 Å². The number of aromatic nitrogens is 2. The number of nitrogens with zero attached hydrogens (tertiary/aromatic N) is 2. The maximum Gasteiger partial charge on any atom is 0.330 e. The SMILES string of the molecule is Cn1c2c(c(=O)n(C)c1=O)C1OCCCC21. The lowest BCUT2D eigenvalue weighted by Crippen LogP contribution is -2.49. The maximum atomic E-state index is 11.9. The summed E-state index contributed by atoms with van der Waals surface area (Å²) in [6.07, 6.45) is 1.94. The van der Waals surface area contributed by atoms with E-state index in [2.05, 4.69) is 0 Å². The van der Waals surface area contributed by atoms with Crippen LogP contribution in [-0.4, -0.2) is 15.7 Å². The van der Waals surface area contributed by atoms with Crippen LogP contribution in [0.15, 0.2) is 9.59 Å². The largest absolute Gasteiger partial charge is 0.373 e. The predicted octanol–water partition coefficient (Wildman–Crippen LogP) is 0.0327. The Labute approximate surface area is 92.3 Å². The fraction of sp³-hybridized carbons (Fsp3) is 0.636. The summed E-state index contributed by atoms with van der Waals surface area (Å²) < 4.78 is 8.35. The zero-order valence-electron chi connectivity index (χ0n) is 9.40. The van der Waals surface area contributed by atoms with Crippen molar-refractivity contribution in [1.29, 1.82) is 0 Å². The van der Waals surface area contributed by atoms with Crippen molar-refractivity contribution in [2.75, 3.05) is 6.61 Å². The van der Waals surface area contributed by atoms with Gasteiger partial charge in [0.05, 0.1) is 11.7 Å². The minimum absolute atomic E-state index is 0.0748. The van der Waals surface area contributed by atoms with Gasteiger partial charge in [-0.3, -0.25) is 13.9 Å². The summed E-state index contributed by atoms with van der Waals surface area (Å²) in [5.74, 6) is 0.246. The van der Waals surface area contributed by atoms with Gasteiger partial charge >= 0.3 is 5.69 Å². The number of fused-ring (bicyclic) bond motifs is 4. The van der Waals surface area contributed by atoms with Crippen LogP contribution in [-0.2, 0) is 18.8 Å². The Balaban J connectivity index is 2.30. The molecule has 2 unspecified atom stereocenters. The van der Waals surface area contributed by atoms with Gasteiger partial charge in [0.2, 0.25) is 0 Å². The van der Waals surface area contributed by atoms with Gasteiger partial charge in [-0.25, -0.2) is 4.79 Å². The summed E-state index contributed by atoms with van der Waals surface area (Å²) in [7, 11) is 3.24. The normalized spacial score (nSPS) is 26.9. The van der Waals surface area contributed by atoms with E-state index in [0.717, 1.165) is 23.1 Å². The third-order valence-electron chi connectivity index (χ3n) is 3.70. The number of rotatable bonds is 0. The molecule has 1 fully saturated rings. The Morgan fingerprint density at radius 1 is 1.25 bits per heavy atom. The third-order valence-corrected chi connectivity index (χ3v) is 3.70. The average Bonchev–Trinajstić information content (AvgIpc) is 2.27. The van der Waals surface area contributed by atoms with Gasteiger partial charge in [0.1, 0.15) is 0 Å². The molecule has 1 aromatic rings. The second-order valence-corrected chi connectivity index (χ2v) is 4.54. The molecule has 1 aliphatic carbocycles. The van der Waals surface area contributed by atoms with Crippen LogP contribution in [0.5, 0.6) is 0 Å². The second-order valence-electron chi connectivity index (χ2n) is 4.54. The summed E-state index contributed by atoms with van der Waals surface area (Å²) >= 11 is 0. The lowest BCUT2D eigenvalue weighted by molar-refractivity contribution is -0.0282. The highest BCUT2D eigenvalue weighted by atomic mass is 16.5. The van der Waals surface area contributed by atoms with Gasteiger partial charge in [-0.15, -0.1) is 0 Å². The van der Waals surface area contributed by atoms with Crippen LogP contribution < -0.4 is 11.2 Å². The van der Waals surface area contributed by atoms with E-state index < -0.39 is 0 Å². The van der Waals surface area contributed by atoms with E-state index in [1.165, 1.54) is 7.05 Å². The molecule has 5 nitrogen and oxygen atoms in total. The van der Waals surface area contributed by atoms with Gasteiger partial charge in [-0.2, -0.15) is 0 Å². The van der Waals surface area contributed by atoms with E-state index in [-0.39, 0.29) is 23.3 Å². The average molecular weight is 222 g/mol. The number of hydrogen-bond donors (Lipinski definition) is 0. The van der Waals surface area contributed by atoms with Crippen LogP contribution in [0.25, 0.3) is 0 Å². The Bertz CT molecular complexity index is 570. The highest BCUT2D eigenvalue weighted by Gasteiger charge is 2.45. The van der Waals surface area contributed by atoms with Crippen molar-refractivity contribution in [1.82, 2.24) is 9.13 Å². The monoisotopic (exact) mass is 222 g/mol. The molecule has 1 saturated heterocycles. The van der Waals surface area contributed by atoms with Crippen molar-refractivity contribution >= 4 is 0 Å². The summed E-state index contributed by atoms with van der Waals surface area (Å²) in [4.78, 5) is 23.7. The molecule has 2 aliphatic rings. The van der Waals surface area contributed by atoms with Crippen molar-refractivity contribution in [3.63, 3.8) is 0 Å². The first-order valence-electron chi connectivity index (χ1n) is 5.54. The lowest BCUT2D eigenvalue weighted by atomic mass is 9.75. The molecule has 1 aliphatic heterocycles. The Morgan fingerprint density at radius 3 is 2.75 bits per heavy atom. The molecule has 0 aromatic carbocycles. The fourth-order valence-electron chi connectivity index (χ4n) is 2.85. The molecule has 0 bridgehead atoms. The molecular weight excluding hydrogens is 208 g/mol. The van der Waals surface area contributed by atoms with E-state index in [4.69, 9.17) is 4.74 Å². The van der Waals surface area contributed by atoms with Crippen LogP contribution in [0.3, 0.4) is 0 Å². The van der Waals surface area contributed by atoms with Gasteiger partial charge < -0.3 is 4.74 Å². The summed E-state index contributed by atoms with van der Waals surface area (Å²) in [6, 6.07) is 0. The standard InChI is InChI=1S/C11H14N2O3/c1-12-8-6-4-3-5-16-9(6)7(8)10(14)13(2)11(12)15/h6,9H,3-5H2,1-2H3. The van der Waals surface area contributed by atoms with E-state index in [9.17, 15) is 9.59 Å². The summed E-state index contributed by atoms with van der Waals surface area (Å²) in [5.41, 5.74) is 1.14. The molecule has 0 amide bonds. The number of hydrogen-bond acceptors (Lipinski definition) is 3. The molecule has 0 N–H and O–H groups in total. The lowest BCUT2D eigenvalue weighted by Gasteiger charge is -2.42. The highest BCUT2D eigenvalue weighted by molar-refractivity contribution is 5.37. The minimum Gasteiger partial charge on any atom is -0.373 e. The van der Waals surface area contributed by atoms with Gasteiger partial charge in [0, 0.05) is 32.3 Å². The molecular formula is C11H14N2O3. The Morgan fingerprint density at radius 2 is 2.00 bits per heavy atom. The first kappa shape index (κ1) is 9.84. The topological polar surface area (TPSA) is 53.2 Å². The maximum absolute atomic E-state index is 11.9.